The number of benzene rings is 1. The first-order valence-corrected chi connectivity index (χ1v) is 6.56. The molecule has 0 unspecified atom stereocenters. The van der Waals surface area contributed by atoms with Crippen molar-refractivity contribution >= 4 is 16.9 Å². The minimum absolute atomic E-state index is 0.0192. The van der Waals surface area contributed by atoms with Gasteiger partial charge in [-0.05, 0) is 37.5 Å². The molecule has 2 aromatic rings. The monoisotopic (exact) mass is 259 g/mol. The number of hydrogen-bond acceptors (Lipinski definition) is 3. The summed E-state index contributed by atoms with van der Waals surface area (Å²) in [6, 6.07) is 4.02. The van der Waals surface area contributed by atoms with Crippen LogP contribution in [0.1, 0.15) is 28.8 Å². The maximum Gasteiger partial charge on any atom is 0.251 e. The quantitative estimate of drug-likeness (QED) is 0.864. The van der Waals surface area contributed by atoms with E-state index < -0.39 is 0 Å². The third kappa shape index (κ3) is 2.46. The highest BCUT2D eigenvalue weighted by Crippen LogP contribution is 2.17. The first-order chi connectivity index (χ1) is 9.24. The molecule has 19 heavy (non-hydrogen) atoms. The van der Waals surface area contributed by atoms with Gasteiger partial charge in [0, 0.05) is 24.8 Å². The maximum atomic E-state index is 12.3. The summed E-state index contributed by atoms with van der Waals surface area (Å²) in [4.78, 5) is 19.6. The number of amides is 1. The molecule has 100 valence electrons. The fraction of sp³-hybridized carbons (Fsp3) is 0.429. The van der Waals surface area contributed by atoms with Gasteiger partial charge in [0.1, 0.15) is 0 Å². The summed E-state index contributed by atoms with van der Waals surface area (Å²) in [5.41, 5.74) is 3.44. The number of carbonyl (C=O) groups excluding carboxylic acids is 1. The molecule has 0 spiro atoms. The lowest BCUT2D eigenvalue weighted by atomic mass is 10.0. The Kier molecular flexibility index (Phi) is 3.21. The highest BCUT2D eigenvalue weighted by molar-refractivity contribution is 5.99. The van der Waals surface area contributed by atoms with Crippen molar-refractivity contribution in [2.75, 3.05) is 13.2 Å². The molecule has 1 fully saturated rings. The van der Waals surface area contributed by atoms with E-state index in [1.165, 1.54) is 0 Å². The second-order valence-corrected chi connectivity index (χ2v) is 4.95. The largest absolute Gasteiger partial charge is 0.381 e. The molecule has 5 heteroatoms. The first-order valence-electron chi connectivity index (χ1n) is 6.56. The van der Waals surface area contributed by atoms with Crippen molar-refractivity contribution in [3.8, 4) is 0 Å². The SMILES string of the molecule is Cc1cc2[nH]cnc2cc1C(=O)NC1CCOCC1. The van der Waals surface area contributed by atoms with E-state index in [-0.39, 0.29) is 11.9 Å². The molecule has 0 atom stereocenters. The molecule has 2 N–H and O–H groups in total. The van der Waals surface area contributed by atoms with Gasteiger partial charge in [-0.25, -0.2) is 4.98 Å². The van der Waals surface area contributed by atoms with Gasteiger partial charge < -0.3 is 15.0 Å². The van der Waals surface area contributed by atoms with Crippen LogP contribution in [0.3, 0.4) is 0 Å². The first kappa shape index (κ1) is 12.2. The van der Waals surface area contributed by atoms with Gasteiger partial charge in [0.15, 0.2) is 0 Å². The Morgan fingerprint density at radius 1 is 1.42 bits per heavy atom. The number of carbonyl (C=O) groups is 1. The van der Waals surface area contributed by atoms with Crippen molar-refractivity contribution in [3.63, 3.8) is 0 Å². The van der Waals surface area contributed by atoms with Gasteiger partial charge in [-0.3, -0.25) is 4.79 Å². The number of rotatable bonds is 2. The topological polar surface area (TPSA) is 67.0 Å². The van der Waals surface area contributed by atoms with Crippen LogP contribution in [-0.2, 0) is 4.74 Å². The summed E-state index contributed by atoms with van der Waals surface area (Å²) >= 11 is 0. The zero-order valence-electron chi connectivity index (χ0n) is 10.9. The number of ether oxygens (including phenoxy) is 1. The Hall–Kier alpha value is -1.88. The molecule has 1 aromatic heterocycles. The minimum atomic E-state index is -0.0192. The number of nitrogens with zero attached hydrogens (tertiary/aromatic N) is 1. The standard InChI is InChI=1S/C14H17N3O2/c1-9-6-12-13(16-8-15-12)7-11(9)14(18)17-10-2-4-19-5-3-10/h6-8,10H,2-5H2,1H3,(H,15,16)(H,17,18). The highest BCUT2D eigenvalue weighted by atomic mass is 16.5. The van der Waals surface area contributed by atoms with Gasteiger partial charge in [-0.15, -0.1) is 0 Å². The fourth-order valence-corrected chi connectivity index (χ4v) is 2.44. The van der Waals surface area contributed by atoms with Crippen molar-refractivity contribution in [1.29, 1.82) is 0 Å². The van der Waals surface area contributed by atoms with Crippen molar-refractivity contribution in [1.82, 2.24) is 15.3 Å². The Bertz CT molecular complexity index is 600. The van der Waals surface area contributed by atoms with Crippen molar-refractivity contribution in [2.45, 2.75) is 25.8 Å². The fourth-order valence-electron chi connectivity index (χ4n) is 2.44. The second kappa shape index (κ2) is 5.01. The normalized spacial score (nSPS) is 16.7. The number of H-pyrrole nitrogens is 1. The van der Waals surface area contributed by atoms with Crippen molar-refractivity contribution < 1.29 is 9.53 Å². The molecule has 0 saturated carbocycles. The molecule has 0 bridgehead atoms. The van der Waals surface area contributed by atoms with E-state index in [1.54, 1.807) is 6.33 Å². The summed E-state index contributed by atoms with van der Waals surface area (Å²) in [6.07, 6.45) is 3.41. The van der Waals surface area contributed by atoms with E-state index in [9.17, 15) is 4.79 Å². The predicted octanol–water partition coefficient (Wildman–Crippen LogP) is 1.78. The van der Waals surface area contributed by atoms with Crippen LogP contribution in [0.4, 0.5) is 0 Å². The second-order valence-electron chi connectivity index (χ2n) is 4.95. The zero-order chi connectivity index (χ0) is 13.2. The van der Waals surface area contributed by atoms with Crippen molar-refractivity contribution in [3.05, 3.63) is 29.6 Å². The van der Waals surface area contributed by atoms with Gasteiger partial charge in [0.2, 0.25) is 0 Å². The number of fused-ring (bicyclic) bond motifs is 1. The summed E-state index contributed by atoms with van der Waals surface area (Å²) in [6.45, 7) is 3.39. The van der Waals surface area contributed by atoms with Crippen LogP contribution < -0.4 is 5.32 Å². The predicted molar refractivity (Wildman–Crippen MR) is 72.1 cm³/mol. The van der Waals surface area contributed by atoms with Crippen LogP contribution in [0.2, 0.25) is 0 Å². The van der Waals surface area contributed by atoms with E-state index in [0.29, 0.717) is 5.56 Å². The Balaban J connectivity index is 1.81. The number of nitrogens with one attached hydrogen (secondary N) is 2. The number of aryl methyl sites for hydroxylation is 1. The van der Waals surface area contributed by atoms with Crippen LogP contribution in [0.25, 0.3) is 11.0 Å². The van der Waals surface area contributed by atoms with E-state index in [0.717, 1.165) is 42.7 Å². The molecule has 1 aliphatic rings. The third-order valence-corrected chi connectivity index (χ3v) is 3.57. The summed E-state index contributed by atoms with van der Waals surface area (Å²) in [5.74, 6) is -0.0192. The van der Waals surface area contributed by atoms with Crippen LogP contribution in [0.5, 0.6) is 0 Å². The highest BCUT2D eigenvalue weighted by Gasteiger charge is 2.18. The smallest absolute Gasteiger partial charge is 0.251 e. The Morgan fingerprint density at radius 3 is 3.00 bits per heavy atom. The zero-order valence-corrected chi connectivity index (χ0v) is 10.9. The molecule has 1 saturated heterocycles. The summed E-state index contributed by atoms with van der Waals surface area (Å²) in [7, 11) is 0. The number of aromatic nitrogens is 2. The van der Waals surface area contributed by atoms with E-state index in [4.69, 9.17) is 4.74 Å². The molecule has 2 heterocycles. The summed E-state index contributed by atoms with van der Waals surface area (Å²) < 4.78 is 5.29. The number of imidazole rings is 1. The van der Waals surface area contributed by atoms with Gasteiger partial charge >= 0.3 is 0 Å². The van der Waals surface area contributed by atoms with Gasteiger partial charge in [0.25, 0.3) is 5.91 Å². The lowest BCUT2D eigenvalue weighted by Crippen LogP contribution is -2.39. The average Bonchev–Trinajstić information content (AvgIpc) is 2.86. The number of aromatic amines is 1. The van der Waals surface area contributed by atoms with Crippen LogP contribution >= 0.6 is 0 Å². The van der Waals surface area contributed by atoms with E-state index in [1.807, 2.05) is 19.1 Å². The maximum absolute atomic E-state index is 12.3. The molecule has 3 rings (SSSR count). The van der Waals surface area contributed by atoms with Crippen LogP contribution in [0, 0.1) is 6.92 Å². The van der Waals surface area contributed by atoms with E-state index in [2.05, 4.69) is 15.3 Å². The molecular weight excluding hydrogens is 242 g/mol. The number of hydrogen-bond donors (Lipinski definition) is 2. The molecule has 1 aromatic carbocycles. The van der Waals surface area contributed by atoms with Crippen LogP contribution in [0.15, 0.2) is 18.5 Å². The third-order valence-electron chi connectivity index (χ3n) is 3.57. The Morgan fingerprint density at radius 2 is 2.21 bits per heavy atom. The van der Waals surface area contributed by atoms with Gasteiger partial charge in [-0.1, -0.05) is 0 Å². The molecule has 5 nitrogen and oxygen atoms in total. The average molecular weight is 259 g/mol. The summed E-state index contributed by atoms with van der Waals surface area (Å²) in [5, 5.41) is 3.08. The van der Waals surface area contributed by atoms with Crippen LogP contribution in [-0.4, -0.2) is 35.1 Å². The molecule has 1 aliphatic heterocycles. The molecule has 0 aliphatic carbocycles. The molecule has 1 amide bonds. The van der Waals surface area contributed by atoms with Crippen molar-refractivity contribution in [2.24, 2.45) is 0 Å². The van der Waals surface area contributed by atoms with E-state index >= 15 is 0 Å². The van der Waals surface area contributed by atoms with Gasteiger partial charge in [0.05, 0.1) is 17.4 Å². The lowest BCUT2D eigenvalue weighted by Gasteiger charge is -2.23. The lowest BCUT2D eigenvalue weighted by molar-refractivity contribution is 0.0696. The Labute approximate surface area is 111 Å². The molecular formula is C14H17N3O2. The van der Waals surface area contributed by atoms with Gasteiger partial charge in [-0.2, -0.15) is 0 Å². The molecule has 0 radical (unpaired) electrons. The minimum Gasteiger partial charge on any atom is -0.381 e.